The van der Waals surface area contributed by atoms with Gasteiger partial charge in [-0.25, -0.2) is 0 Å². The van der Waals surface area contributed by atoms with Crippen LogP contribution in [0.4, 0.5) is 0 Å². The van der Waals surface area contributed by atoms with E-state index < -0.39 is 0 Å². The second-order valence-corrected chi connectivity index (χ2v) is 8.04. The highest BCUT2D eigenvalue weighted by Crippen LogP contribution is 2.27. The molecule has 1 amide bonds. The molecule has 1 N–H and O–H groups in total. The van der Waals surface area contributed by atoms with Crippen LogP contribution in [0.5, 0.6) is 0 Å². The van der Waals surface area contributed by atoms with E-state index in [1.165, 1.54) is 0 Å². The molecule has 0 aromatic heterocycles. The molecule has 0 bridgehead atoms. The van der Waals surface area contributed by atoms with Gasteiger partial charge in [-0.3, -0.25) is 4.79 Å². The van der Waals surface area contributed by atoms with E-state index in [0.29, 0.717) is 35.6 Å². The van der Waals surface area contributed by atoms with Gasteiger partial charge in [0.05, 0.1) is 0 Å². The molecule has 1 heterocycles. The summed E-state index contributed by atoms with van der Waals surface area (Å²) >= 11 is 0. The Morgan fingerprint density at radius 3 is 2.52 bits per heavy atom. The van der Waals surface area contributed by atoms with E-state index in [1.54, 1.807) is 0 Å². The largest absolute Gasteiger partial charge is 0.342 e. The van der Waals surface area contributed by atoms with Gasteiger partial charge in [-0.2, -0.15) is 0 Å². The molecule has 1 fully saturated rings. The van der Waals surface area contributed by atoms with Crippen molar-refractivity contribution < 1.29 is 4.79 Å². The van der Waals surface area contributed by atoms with Crippen LogP contribution < -0.4 is 5.32 Å². The third-order valence-electron chi connectivity index (χ3n) is 4.56. The summed E-state index contributed by atoms with van der Waals surface area (Å²) in [6, 6.07) is 0.594. The van der Waals surface area contributed by atoms with Gasteiger partial charge in [-0.1, -0.05) is 48.0 Å². The molecule has 0 saturated carbocycles. The topological polar surface area (TPSA) is 32.3 Å². The molecule has 3 nitrogen and oxygen atoms in total. The minimum Gasteiger partial charge on any atom is -0.342 e. The average Bonchev–Trinajstić information content (AvgIpc) is 2.37. The van der Waals surface area contributed by atoms with Crippen molar-refractivity contribution in [1.82, 2.24) is 10.2 Å². The lowest BCUT2D eigenvalue weighted by atomic mass is 9.83. The first kappa shape index (κ1) is 18.5. The monoisotopic (exact) mass is 296 g/mol. The van der Waals surface area contributed by atoms with Crippen molar-refractivity contribution in [3.63, 3.8) is 0 Å². The maximum absolute atomic E-state index is 12.5. The Bertz CT molecular complexity index is 322. The fourth-order valence-electron chi connectivity index (χ4n) is 3.75. The third-order valence-corrected chi connectivity index (χ3v) is 4.56. The van der Waals surface area contributed by atoms with Crippen LogP contribution in [0.15, 0.2) is 0 Å². The first-order valence-electron chi connectivity index (χ1n) is 8.78. The van der Waals surface area contributed by atoms with Gasteiger partial charge in [-0.15, -0.1) is 0 Å². The number of carbonyl (C=O) groups is 1. The first-order chi connectivity index (χ1) is 9.76. The summed E-state index contributed by atoms with van der Waals surface area (Å²) in [7, 11) is 0. The van der Waals surface area contributed by atoms with Crippen LogP contribution in [-0.2, 0) is 4.79 Å². The number of nitrogens with one attached hydrogen (secondary N) is 1. The van der Waals surface area contributed by atoms with Gasteiger partial charge in [-0.05, 0) is 36.6 Å². The number of piperidine rings is 1. The first-order valence-corrected chi connectivity index (χ1v) is 8.78. The molecule has 1 saturated heterocycles. The van der Waals surface area contributed by atoms with Crippen LogP contribution in [0.1, 0.15) is 67.2 Å². The van der Waals surface area contributed by atoms with Crippen molar-refractivity contribution in [2.75, 3.05) is 19.6 Å². The van der Waals surface area contributed by atoms with E-state index in [-0.39, 0.29) is 0 Å². The molecule has 1 aliphatic heterocycles. The molecular weight excluding hydrogens is 260 g/mol. The van der Waals surface area contributed by atoms with Gasteiger partial charge in [0.1, 0.15) is 0 Å². The second-order valence-electron chi connectivity index (χ2n) is 8.04. The molecule has 3 atom stereocenters. The van der Waals surface area contributed by atoms with Crippen LogP contribution in [0, 0.1) is 17.3 Å². The van der Waals surface area contributed by atoms with E-state index in [0.717, 1.165) is 38.9 Å². The summed E-state index contributed by atoms with van der Waals surface area (Å²) < 4.78 is 0. The van der Waals surface area contributed by atoms with Crippen LogP contribution in [0.2, 0.25) is 0 Å². The summed E-state index contributed by atoms with van der Waals surface area (Å²) in [5.41, 5.74) is 0.309. The molecule has 3 unspecified atom stereocenters. The normalized spacial score (nSPS) is 25.0. The zero-order valence-electron chi connectivity index (χ0n) is 15.0. The van der Waals surface area contributed by atoms with Crippen molar-refractivity contribution in [1.29, 1.82) is 0 Å². The summed E-state index contributed by atoms with van der Waals surface area (Å²) in [5, 5.41) is 3.58. The van der Waals surface area contributed by atoms with Crippen molar-refractivity contribution in [2.45, 2.75) is 73.3 Å². The predicted molar refractivity (Wildman–Crippen MR) is 90.3 cm³/mol. The predicted octanol–water partition coefficient (Wildman–Crippen LogP) is 3.69. The van der Waals surface area contributed by atoms with Gasteiger partial charge < -0.3 is 10.2 Å². The molecule has 124 valence electrons. The van der Waals surface area contributed by atoms with E-state index in [1.807, 2.05) is 0 Å². The Morgan fingerprint density at radius 2 is 2.00 bits per heavy atom. The molecule has 0 aliphatic carbocycles. The number of hydrogen-bond acceptors (Lipinski definition) is 2. The summed E-state index contributed by atoms with van der Waals surface area (Å²) in [6.45, 7) is 16.3. The molecule has 21 heavy (non-hydrogen) atoms. The van der Waals surface area contributed by atoms with Gasteiger partial charge >= 0.3 is 0 Å². The van der Waals surface area contributed by atoms with Crippen molar-refractivity contribution in [3.8, 4) is 0 Å². The molecule has 0 aromatic carbocycles. The molecule has 0 spiro atoms. The van der Waals surface area contributed by atoms with Gasteiger partial charge in [0.15, 0.2) is 0 Å². The summed E-state index contributed by atoms with van der Waals surface area (Å²) in [6.07, 6.45) is 4.08. The standard InChI is InChI=1S/C18H36N2O/c1-7-15-13-20(10-9-16(15)19-8-2)17(21)11-14(3)12-18(4,5)6/h14-16,19H,7-13H2,1-6H3. The lowest BCUT2D eigenvalue weighted by molar-refractivity contribution is -0.134. The molecule has 1 rings (SSSR count). The Morgan fingerprint density at radius 1 is 1.33 bits per heavy atom. The molecule has 0 radical (unpaired) electrons. The van der Waals surface area contributed by atoms with Gasteiger partial charge in [0, 0.05) is 25.6 Å². The van der Waals surface area contributed by atoms with E-state index in [9.17, 15) is 4.79 Å². The quantitative estimate of drug-likeness (QED) is 0.811. The maximum Gasteiger partial charge on any atom is 0.222 e. The zero-order valence-corrected chi connectivity index (χ0v) is 15.0. The number of hydrogen-bond donors (Lipinski definition) is 1. The fourth-order valence-corrected chi connectivity index (χ4v) is 3.75. The number of carbonyl (C=O) groups excluding carboxylic acids is 1. The number of nitrogens with zero attached hydrogens (tertiary/aromatic N) is 1. The van der Waals surface area contributed by atoms with E-state index >= 15 is 0 Å². The number of likely N-dealkylation sites (tertiary alicyclic amines) is 1. The van der Waals surface area contributed by atoms with Crippen molar-refractivity contribution >= 4 is 5.91 Å². The second kappa shape index (κ2) is 8.17. The van der Waals surface area contributed by atoms with Crippen LogP contribution in [-0.4, -0.2) is 36.5 Å². The highest BCUT2D eigenvalue weighted by Gasteiger charge is 2.30. The molecular formula is C18H36N2O. The van der Waals surface area contributed by atoms with Crippen LogP contribution >= 0.6 is 0 Å². The minimum absolute atomic E-state index is 0.309. The smallest absolute Gasteiger partial charge is 0.222 e. The Kier molecular flexibility index (Phi) is 7.19. The van der Waals surface area contributed by atoms with Crippen molar-refractivity contribution in [2.24, 2.45) is 17.3 Å². The summed E-state index contributed by atoms with van der Waals surface area (Å²) in [5.74, 6) is 1.45. The van der Waals surface area contributed by atoms with Crippen molar-refractivity contribution in [3.05, 3.63) is 0 Å². The number of amides is 1. The minimum atomic E-state index is 0.309. The molecule has 3 heteroatoms. The maximum atomic E-state index is 12.5. The zero-order chi connectivity index (χ0) is 16.0. The lowest BCUT2D eigenvalue weighted by Gasteiger charge is -2.39. The molecule has 1 aliphatic rings. The highest BCUT2D eigenvalue weighted by molar-refractivity contribution is 5.76. The number of rotatable bonds is 6. The van der Waals surface area contributed by atoms with Gasteiger partial charge in [0.25, 0.3) is 0 Å². The third kappa shape index (κ3) is 6.37. The Balaban J connectivity index is 2.48. The SMILES string of the molecule is CCNC1CCN(C(=O)CC(C)CC(C)(C)C)CC1CC. The lowest BCUT2D eigenvalue weighted by Crippen LogP contribution is -2.51. The summed E-state index contributed by atoms with van der Waals surface area (Å²) in [4.78, 5) is 14.6. The Labute approximate surface area is 131 Å². The Hall–Kier alpha value is -0.570. The van der Waals surface area contributed by atoms with Crippen LogP contribution in [0.25, 0.3) is 0 Å². The molecule has 0 aromatic rings. The average molecular weight is 296 g/mol. The fraction of sp³-hybridized carbons (Fsp3) is 0.944. The van der Waals surface area contributed by atoms with E-state index in [4.69, 9.17) is 0 Å². The van der Waals surface area contributed by atoms with Crippen LogP contribution in [0.3, 0.4) is 0 Å². The van der Waals surface area contributed by atoms with Gasteiger partial charge in [0.2, 0.25) is 5.91 Å². The van der Waals surface area contributed by atoms with E-state index in [2.05, 4.69) is 51.8 Å². The highest BCUT2D eigenvalue weighted by atomic mass is 16.2.